The Morgan fingerprint density at radius 2 is 1.55 bits per heavy atom. The molecule has 0 aliphatic rings. The third-order valence-corrected chi connectivity index (χ3v) is 5.86. The summed E-state index contributed by atoms with van der Waals surface area (Å²) in [5.74, 6) is 0. The zero-order valence-corrected chi connectivity index (χ0v) is 19.2. The van der Waals surface area contributed by atoms with Crippen LogP contribution in [-0.4, -0.2) is 19.5 Å². The number of nitrogens with zero attached hydrogens (tertiary/aromatic N) is 3. The molecule has 6 heteroatoms. The normalized spacial score (nSPS) is 11.0. The van der Waals surface area contributed by atoms with Crippen LogP contribution < -0.4 is 5.56 Å². The fourth-order valence-corrected chi connectivity index (χ4v) is 4.01. The van der Waals surface area contributed by atoms with Gasteiger partial charge in [-0.25, -0.2) is 9.97 Å². The van der Waals surface area contributed by atoms with Gasteiger partial charge in [-0.05, 0) is 48.3 Å². The van der Waals surface area contributed by atoms with Crippen molar-refractivity contribution in [1.82, 2.24) is 19.5 Å². The Bertz CT molecular complexity index is 1040. The molecule has 2 aromatic heterocycles. The number of nitrogens with one attached hydrogen (secondary N) is 1. The van der Waals surface area contributed by atoms with Crippen molar-refractivity contribution >= 4 is 12.2 Å². The number of rotatable bonds is 12. The number of hydrogen-bond donors (Lipinski definition) is 1. The summed E-state index contributed by atoms with van der Waals surface area (Å²) < 4.78 is 2.25. The molecule has 3 aromatic rings. The van der Waals surface area contributed by atoms with Gasteiger partial charge in [0.1, 0.15) is 6.33 Å². The minimum atomic E-state index is -0.170. The van der Waals surface area contributed by atoms with Crippen LogP contribution in [-0.2, 0) is 12.8 Å². The summed E-state index contributed by atoms with van der Waals surface area (Å²) in [5.41, 5.74) is 3.64. The van der Waals surface area contributed by atoms with Crippen LogP contribution in [0.4, 0.5) is 0 Å². The van der Waals surface area contributed by atoms with Crippen molar-refractivity contribution in [1.29, 1.82) is 0 Å². The molecule has 3 rings (SSSR count). The lowest BCUT2D eigenvalue weighted by atomic mass is 10.0. The van der Waals surface area contributed by atoms with Gasteiger partial charge in [-0.3, -0.25) is 14.3 Å². The quantitative estimate of drug-likeness (QED) is 0.281. The smallest absolute Gasteiger partial charge is 0.255 e. The number of aromatic amines is 1. The third-order valence-electron chi connectivity index (χ3n) is 5.56. The number of aryl methyl sites for hydroxylation is 1. The molecule has 5 nitrogen and oxygen atoms in total. The van der Waals surface area contributed by atoms with Crippen molar-refractivity contribution in [2.75, 3.05) is 0 Å². The summed E-state index contributed by atoms with van der Waals surface area (Å²) in [6.45, 7) is 2.26. The third kappa shape index (κ3) is 7.24. The summed E-state index contributed by atoms with van der Waals surface area (Å²) in [5, 5.41) is 0. The van der Waals surface area contributed by atoms with Gasteiger partial charge in [0.05, 0.1) is 0 Å². The molecule has 0 saturated carbocycles. The molecule has 0 aliphatic heterocycles. The Labute approximate surface area is 189 Å². The molecule has 0 atom stereocenters. The van der Waals surface area contributed by atoms with Gasteiger partial charge < -0.3 is 0 Å². The molecule has 0 fully saturated rings. The monoisotopic (exact) mass is 436 g/mol. The number of aromatic nitrogens is 4. The minimum Gasteiger partial charge on any atom is -0.299 e. The molecule has 2 heterocycles. The fourth-order valence-electron chi connectivity index (χ4n) is 3.76. The van der Waals surface area contributed by atoms with Crippen molar-refractivity contribution < 1.29 is 0 Å². The molecule has 0 spiro atoms. The molecule has 0 bridgehead atoms. The SMILES string of the molecule is CCCCCCCCCCc1ccc(-n2cc(Cc3cncnc3)c(=O)[nH]c2=S)cc1. The molecule has 164 valence electrons. The maximum atomic E-state index is 12.4. The Balaban J connectivity index is 1.58. The van der Waals surface area contributed by atoms with Gasteiger partial charge in [-0.1, -0.05) is 64.0 Å². The first-order valence-corrected chi connectivity index (χ1v) is 11.8. The van der Waals surface area contributed by atoms with E-state index in [9.17, 15) is 4.79 Å². The largest absolute Gasteiger partial charge is 0.299 e. The second-order valence-corrected chi connectivity index (χ2v) is 8.49. The second-order valence-electron chi connectivity index (χ2n) is 8.10. The van der Waals surface area contributed by atoms with Gasteiger partial charge in [0, 0.05) is 36.3 Å². The lowest BCUT2D eigenvalue weighted by Crippen LogP contribution is -2.17. The first-order valence-electron chi connectivity index (χ1n) is 11.4. The van der Waals surface area contributed by atoms with E-state index in [-0.39, 0.29) is 5.56 Å². The average molecular weight is 437 g/mol. The zero-order chi connectivity index (χ0) is 21.9. The Morgan fingerprint density at radius 1 is 0.903 bits per heavy atom. The number of benzene rings is 1. The van der Waals surface area contributed by atoms with Gasteiger partial charge >= 0.3 is 0 Å². The van der Waals surface area contributed by atoms with Gasteiger partial charge in [0.25, 0.3) is 5.56 Å². The molecule has 1 aromatic carbocycles. The minimum absolute atomic E-state index is 0.170. The summed E-state index contributed by atoms with van der Waals surface area (Å²) in [6, 6.07) is 8.47. The van der Waals surface area contributed by atoms with E-state index in [4.69, 9.17) is 12.2 Å². The van der Waals surface area contributed by atoms with Crippen molar-refractivity contribution in [2.45, 2.75) is 71.1 Å². The number of hydrogen-bond acceptors (Lipinski definition) is 4. The molecule has 0 radical (unpaired) electrons. The Morgan fingerprint density at radius 3 is 2.23 bits per heavy atom. The van der Waals surface area contributed by atoms with Gasteiger partial charge in [0.2, 0.25) is 0 Å². The van der Waals surface area contributed by atoms with Crippen molar-refractivity contribution in [3.63, 3.8) is 0 Å². The van der Waals surface area contributed by atoms with Gasteiger partial charge in [-0.15, -0.1) is 0 Å². The maximum Gasteiger partial charge on any atom is 0.255 e. The van der Waals surface area contributed by atoms with Gasteiger partial charge in [-0.2, -0.15) is 0 Å². The summed E-state index contributed by atoms with van der Waals surface area (Å²) in [4.78, 5) is 23.2. The van der Waals surface area contributed by atoms with Crippen LogP contribution in [0.15, 0.2) is 54.0 Å². The summed E-state index contributed by atoms with van der Waals surface area (Å²) in [7, 11) is 0. The lowest BCUT2D eigenvalue weighted by Gasteiger charge is -2.10. The molecule has 0 saturated heterocycles. The molecular weight excluding hydrogens is 404 g/mol. The van der Waals surface area contributed by atoms with E-state index in [1.54, 1.807) is 12.4 Å². The molecule has 1 N–H and O–H groups in total. The predicted octanol–water partition coefficient (Wildman–Crippen LogP) is 5.96. The fraction of sp³-hybridized carbons (Fsp3) is 0.440. The highest BCUT2D eigenvalue weighted by Gasteiger charge is 2.07. The van der Waals surface area contributed by atoms with Crippen molar-refractivity contribution in [3.05, 3.63) is 81.0 Å². The Hall–Kier alpha value is -2.60. The highest BCUT2D eigenvalue weighted by molar-refractivity contribution is 7.71. The molecule has 31 heavy (non-hydrogen) atoms. The van der Waals surface area contributed by atoms with E-state index in [0.29, 0.717) is 16.8 Å². The van der Waals surface area contributed by atoms with Crippen LogP contribution in [0.1, 0.15) is 75.0 Å². The van der Waals surface area contributed by atoms with E-state index in [1.165, 1.54) is 63.3 Å². The van der Waals surface area contributed by atoms with E-state index < -0.39 is 0 Å². The molecule has 0 unspecified atom stereocenters. The van der Waals surface area contributed by atoms with Crippen molar-refractivity contribution in [3.8, 4) is 5.69 Å². The van der Waals surface area contributed by atoms with Crippen LogP contribution in [0.25, 0.3) is 5.69 Å². The van der Waals surface area contributed by atoms with Gasteiger partial charge in [0.15, 0.2) is 4.77 Å². The molecular formula is C25H32N4OS. The predicted molar refractivity (Wildman–Crippen MR) is 128 cm³/mol. The van der Waals surface area contributed by atoms with E-state index in [0.717, 1.165) is 17.7 Å². The van der Waals surface area contributed by atoms with E-state index >= 15 is 0 Å². The zero-order valence-electron chi connectivity index (χ0n) is 18.3. The highest BCUT2D eigenvalue weighted by Crippen LogP contribution is 2.15. The number of H-pyrrole nitrogens is 1. The van der Waals surface area contributed by atoms with Crippen LogP contribution in [0.2, 0.25) is 0 Å². The van der Waals surface area contributed by atoms with Crippen LogP contribution in [0.5, 0.6) is 0 Å². The van der Waals surface area contributed by atoms with Crippen molar-refractivity contribution in [2.24, 2.45) is 0 Å². The molecule has 0 aliphatic carbocycles. The lowest BCUT2D eigenvalue weighted by molar-refractivity contribution is 0.575. The second kappa shape index (κ2) is 12.3. The summed E-state index contributed by atoms with van der Waals surface area (Å²) in [6.07, 6.45) is 19.0. The Kier molecular flexibility index (Phi) is 9.16. The van der Waals surface area contributed by atoms with Crippen LogP contribution in [0.3, 0.4) is 0 Å². The van der Waals surface area contributed by atoms with Crippen LogP contribution in [0, 0.1) is 4.77 Å². The highest BCUT2D eigenvalue weighted by atomic mass is 32.1. The summed E-state index contributed by atoms with van der Waals surface area (Å²) >= 11 is 5.40. The maximum absolute atomic E-state index is 12.4. The number of unbranched alkanes of at least 4 members (excludes halogenated alkanes) is 7. The first kappa shape index (κ1) is 23.1. The topological polar surface area (TPSA) is 63.6 Å². The van der Waals surface area contributed by atoms with Crippen LogP contribution >= 0.6 is 12.2 Å². The standard InChI is InChI=1S/C25H32N4OS/c1-2-3-4-5-6-7-8-9-10-20-11-13-23(14-12-20)29-18-22(24(30)28-25(29)31)15-21-16-26-19-27-17-21/h11-14,16-19H,2-10,15H2,1H3,(H,28,30,31). The molecule has 0 amide bonds. The first-order chi connectivity index (χ1) is 15.2. The average Bonchev–Trinajstić information content (AvgIpc) is 2.79. The van der Waals surface area contributed by atoms with E-state index in [2.05, 4.69) is 46.1 Å². The van der Waals surface area contributed by atoms with E-state index in [1.807, 2.05) is 10.8 Å².